The molecule has 0 bridgehead atoms. The molecule has 0 saturated carbocycles. The lowest BCUT2D eigenvalue weighted by Gasteiger charge is -1.94. The SMILES string of the molecule is C[CH]C/C=C(\C)C/C=C/CCCC. The van der Waals surface area contributed by atoms with Crippen LogP contribution in [0.4, 0.5) is 0 Å². The van der Waals surface area contributed by atoms with Crippen molar-refractivity contribution in [3.05, 3.63) is 30.2 Å². The largest absolute Gasteiger partial charge is 0.0882 e. The molecule has 75 valence electrons. The predicted octanol–water partition coefficient (Wildman–Crippen LogP) is 4.68. The Balaban J connectivity index is 3.44. The Morgan fingerprint density at radius 2 is 2.00 bits per heavy atom. The van der Waals surface area contributed by atoms with Gasteiger partial charge in [0.25, 0.3) is 0 Å². The minimum Gasteiger partial charge on any atom is -0.0882 e. The van der Waals surface area contributed by atoms with Gasteiger partial charge in [0.1, 0.15) is 0 Å². The maximum absolute atomic E-state index is 2.30. The quantitative estimate of drug-likeness (QED) is 0.393. The molecule has 13 heavy (non-hydrogen) atoms. The number of hydrogen-bond acceptors (Lipinski definition) is 0. The van der Waals surface area contributed by atoms with Gasteiger partial charge in [-0.1, -0.05) is 50.5 Å². The molecule has 0 heteroatoms. The molecule has 0 aliphatic rings. The van der Waals surface area contributed by atoms with Crippen molar-refractivity contribution in [1.29, 1.82) is 0 Å². The first-order valence-corrected chi connectivity index (χ1v) is 5.39. The van der Waals surface area contributed by atoms with Crippen LogP contribution in [-0.2, 0) is 0 Å². The predicted molar refractivity (Wildman–Crippen MR) is 61.6 cm³/mol. The van der Waals surface area contributed by atoms with E-state index in [1.54, 1.807) is 0 Å². The first kappa shape index (κ1) is 12.5. The van der Waals surface area contributed by atoms with Crippen LogP contribution in [0.25, 0.3) is 0 Å². The molecule has 0 nitrogen and oxygen atoms in total. The molecule has 0 aliphatic carbocycles. The van der Waals surface area contributed by atoms with Gasteiger partial charge < -0.3 is 0 Å². The van der Waals surface area contributed by atoms with Gasteiger partial charge in [-0.3, -0.25) is 0 Å². The van der Waals surface area contributed by atoms with Gasteiger partial charge >= 0.3 is 0 Å². The minimum absolute atomic E-state index is 1.11. The number of rotatable bonds is 7. The van der Waals surface area contributed by atoms with Crippen LogP contribution < -0.4 is 0 Å². The van der Waals surface area contributed by atoms with E-state index in [0.29, 0.717) is 0 Å². The van der Waals surface area contributed by atoms with E-state index >= 15 is 0 Å². The molecule has 0 aromatic heterocycles. The first-order chi connectivity index (χ1) is 6.31. The van der Waals surface area contributed by atoms with E-state index in [4.69, 9.17) is 0 Å². The third kappa shape index (κ3) is 9.39. The van der Waals surface area contributed by atoms with Gasteiger partial charge in [-0.2, -0.15) is 0 Å². The highest BCUT2D eigenvalue weighted by molar-refractivity contribution is 5.05. The summed E-state index contributed by atoms with van der Waals surface area (Å²) in [6, 6.07) is 0. The number of allylic oxidation sites excluding steroid dienone is 4. The maximum Gasteiger partial charge on any atom is -0.0142 e. The van der Waals surface area contributed by atoms with Crippen LogP contribution in [-0.4, -0.2) is 0 Å². The second kappa shape index (κ2) is 9.57. The Labute approximate surface area is 83.7 Å². The van der Waals surface area contributed by atoms with Crippen molar-refractivity contribution in [1.82, 2.24) is 0 Å². The molecule has 0 aliphatic heterocycles. The smallest absolute Gasteiger partial charge is 0.0142 e. The summed E-state index contributed by atoms with van der Waals surface area (Å²) in [4.78, 5) is 0. The van der Waals surface area contributed by atoms with Crippen LogP contribution in [0.2, 0.25) is 0 Å². The lowest BCUT2D eigenvalue weighted by atomic mass is 10.1. The third-order valence-electron chi connectivity index (χ3n) is 2.03. The normalized spacial score (nSPS) is 12.7. The summed E-state index contributed by atoms with van der Waals surface area (Å²) in [5, 5.41) is 0. The lowest BCUT2D eigenvalue weighted by Crippen LogP contribution is -1.74. The molecular formula is C13H23. The molecule has 0 aromatic carbocycles. The molecule has 0 amide bonds. The van der Waals surface area contributed by atoms with Crippen LogP contribution in [0.3, 0.4) is 0 Å². The maximum atomic E-state index is 2.30. The highest BCUT2D eigenvalue weighted by atomic mass is 13.9. The minimum atomic E-state index is 1.11. The van der Waals surface area contributed by atoms with Gasteiger partial charge in [0, 0.05) is 0 Å². The van der Waals surface area contributed by atoms with Crippen molar-refractivity contribution >= 4 is 0 Å². The summed E-state index contributed by atoms with van der Waals surface area (Å²) in [6.45, 7) is 6.53. The average molecular weight is 179 g/mol. The fraction of sp³-hybridized carbons (Fsp3) is 0.615. The van der Waals surface area contributed by atoms with Crippen molar-refractivity contribution in [2.24, 2.45) is 0 Å². The Bertz CT molecular complexity index is 151. The van der Waals surface area contributed by atoms with Crippen molar-refractivity contribution in [2.75, 3.05) is 0 Å². The van der Waals surface area contributed by atoms with Crippen LogP contribution in [0.5, 0.6) is 0 Å². The Hall–Kier alpha value is -0.520. The van der Waals surface area contributed by atoms with Crippen LogP contribution >= 0.6 is 0 Å². The molecule has 0 fully saturated rings. The van der Waals surface area contributed by atoms with Crippen LogP contribution in [0, 0.1) is 6.42 Å². The van der Waals surface area contributed by atoms with Crippen LogP contribution in [0.15, 0.2) is 23.8 Å². The summed E-state index contributed by atoms with van der Waals surface area (Å²) >= 11 is 0. The third-order valence-corrected chi connectivity index (χ3v) is 2.03. The molecule has 0 heterocycles. The fourth-order valence-corrected chi connectivity index (χ4v) is 1.11. The highest BCUT2D eigenvalue weighted by Gasteiger charge is 1.84. The van der Waals surface area contributed by atoms with E-state index in [9.17, 15) is 0 Å². The summed E-state index contributed by atoms with van der Waals surface area (Å²) in [6.07, 6.45) is 15.2. The molecule has 0 saturated heterocycles. The topological polar surface area (TPSA) is 0 Å². The van der Waals surface area contributed by atoms with E-state index in [0.717, 1.165) is 12.8 Å². The summed E-state index contributed by atoms with van der Waals surface area (Å²) in [7, 11) is 0. The second-order valence-corrected chi connectivity index (χ2v) is 3.51. The molecular weight excluding hydrogens is 156 g/mol. The van der Waals surface area contributed by atoms with Gasteiger partial charge in [-0.15, -0.1) is 0 Å². The van der Waals surface area contributed by atoms with E-state index in [1.807, 2.05) is 0 Å². The molecule has 0 atom stereocenters. The van der Waals surface area contributed by atoms with E-state index in [1.165, 1.54) is 24.8 Å². The van der Waals surface area contributed by atoms with Gasteiger partial charge in [-0.25, -0.2) is 0 Å². The second-order valence-electron chi connectivity index (χ2n) is 3.51. The monoisotopic (exact) mass is 179 g/mol. The van der Waals surface area contributed by atoms with Crippen molar-refractivity contribution in [2.45, 2.75) is 52.9 Å². The summed E-state index contributed by atoms with van der Waals surface area (Å²) < 4.78 is 0. The Morgan fingerprint density at radius 1 is 1.23 bits per heavy atom. The zero-order valence-corrected chi connectivity index (χ0v) is 9.34. The van der Waals surface area contributed by atoms with Gasteiger partial charge in [0.2, 0.25) is 0 Å². The number of unbranched alkanes of at least 4 members (excludes halogenated alkanes) is 3. The van der Waals surface area contributed by atoms with Gasteiger partial charge in [0.15, 0.2) is 0 Å². The van der Waals surface area contributed by atoms with Gasteiger partial charge in [0.05, 0.1) is 0 Å². The van der Waals surface area contributed by atoms with Gasteiger partial charge in [-0.05, 0) is 32.6 Å². The zero-order valence-electron chi connectivity index (χ0n) is 9.34. The fourth-order valence-electron chi connectivity index (χ4n) is 1.11. The number of hydrogen-bond donors (Lipinski definition) is 0. The Kier molecular flexibility index (Phi) is 9.18. The molecule has 0 rings (SSSR count). The van der Waals surface area contributed by atoms with E-state index in [2.05, 4.69) is 45.4 Å². The average Bonchev–Trinajstić information content (AvgIpc) is 2.14. The van der Waals surface area contributed by atoms with E-state index < -0.39 is 0 Å². The van der Waals surface area contributed by atoms with Crippen molar-refractivity contribution < 1.29 is 0 Å². The molecule has 1 radical (unpaired) electrons. The summed E-state index contributed by atoms with van der Waals surface area (Å²) in [5.41, 5.74) is 1.48. The summed E-state index contributed by atoms with van der Waals surface area (Å²) in [5.74, 6) is 0. The molecule has 0 aromatic rings. The zero-order chi connectivity index (χ0) is 9.94. The molecule has 0 unspecified atom stereocenters. The van der Waals surface area contributed by atoms with Crippen molar-refractivity contribution in [3.63, 3.8) is 0 Å². The van der Waals surface area contributed by atoms with Crippen molar-refractivity contribution in [3.8, 4) is 0 Å². The lowest BCUT2D eigenvalue weighted by molar-refractivity contribution is 0.813. The highest BCUT2D eigenvalue weighted by Crippen LogP contribution is 2.05. The standard InChI is InChI=1S/C13H23/c1-4-6-8-9-10-12-13(3)11-7-5-2/h5,9-11H,4,6-8,12H2,1-3H3/b10-9+,13-11+. The molecule has 0 spiro atoms. The Morgan fingerprint density at radius 3 is 2.62 bits per heavy atom. The molecule has 0 N–H and O–H groups in total. The first-order valence-electron chi connectivity index (χ1n) is 5.39. The van der Waals surface area contributed by atoms with E-state index in [-0.39, 0.29) is 0 Å². The van der Waals surface area contributed by atoms with Crippen LogP contribution in [0.1, 0.15) is 52.9 Å².